The van der Waals surface area contributed by atoms with Gasteiger partial charge in [0.2, 0.25) is 0 Å². The minimum absolute atomic E-state index is 0.207. The number of hydrogen-bond donors (Lipinski definition) is 0. The van der Waals surface area contributed by atoms with E-state index in [2.05, 4.69) is 0 Å². The van der Waals surface area contributed by atoms with Crippen molar-refractivity contribution in [2.75, 3.05) is 7.11 Å². The van der Waals surface area contributed by atoms with Crippen molar-refractivity contribution in [2.24, 2.45) is 10.5 Å². The van der Waals surface area contributed by atoms with Gasteiger partial charge in [-0.1, -0.05) is 78.9 Å². The van der Waals surface area contributed by atoms with Gasteiger partial charge in [-0.15, -0.1) is 0 Å². The molecule has 0 aromatic heterocycles. The van der Waals surface area contributed by atoms with Crippen LogP contribution < -0.4 is 4.74 Å². The Morgan fingerprint density at radius 2 is 1.41 bits per heavy atom. The van der Waals surface area contributed by atoms with E-state index >= 15 is 0 Å². The molecule has 7 rings (SSSR count). The lowest BCUT2D eigenvalue weighted by Crippen LogP contribution is -2.43. The van der Waals surface area contributed by atoms with Crippen LogP contribution in [-0.2, 0) is 0 Å². The van der Waals surface area contributed by atoms with Gasteiger partial charge < -0.3 is 4.74 Å². The molecule has 39 heavy (non-hydrogen) atoms. The van der Waals surface area contributed by atoms with Crippen LogP contribution in [0.5, 0.6) is 5.75 Å². The summed E-state index contributed by atoms with van der Waals surface area (Å²) in [5, 5.41) is 6.50. The molecule has 0 saturated carbocycles. The summed E-state index contributed by atoms with van der Waals surface area (Å²) in [6.07, 6.45) is 1.72. The number of methoxy groups -OCH3 is 1. The van der Waals surface area contributed by atoms with Crippen LogP contribution in [0.1, 0.15) is 59.7 Å². The van der Waals surface area contributed by atoms with Crippen molar-refractivity contribution in [3.8, 4) is 5.75 Å². The monoisotopic (exact) mass is 512 g/mol. The van der Waals surface area contributed by atoms with E-state index in [0.717, 1.165) is 16.7 Å². The quantitative estimate of drug-likeness (QED) is 0.267. The summed E-state index contributed by atoms with van der Waals surface area (Å²) in [4.78, 5) is 43.7. The predicted molar refractivity (Wildman–Crippen MR) is 146 cm³/mol. The number of hydrogen-bond acceptors (Lipinski definition) is 6. The molecule has 0 amide bonds. The first kappa shape index (κ1) is 23.3. The summed E-state index contributed by atoms with van der Waals surface area (Å²) in [5.74, 6) is -0.864. The van der Waals surface area contributed by atoms with Crippen LogP contribution in [-0.4, -0.2) is 41.7 Å². The number of ketones is 3. The van der Waals surface area contributed by atoms with E-state index in [4.69, 9.17) is 9.84 Å². The number of fused-ring (bicyclic) bond motifs is 5. The molecule has 1 aliphatic carbocycles. The Morgan fingerprint density at radius 1 is 0.795 bits per heavy atom. The maximum atomic E-state index is 14.6. The fourth-order valence-electron chi connectivity index (χ4n) is 6.74. The molecule has 4 aromatic rings. The van der Waals surface area contributed by atoms with Gasteiger partial charge in [-0.25, -0.2) is 0 Å². The summed E-state index contributed by atoms with van der Waals surface area (Å²) in [5.41, 5.74) is 2.09. The van der Waals surface area contributed by atoms with Crippen molar-refractivity contribution in [1.82, 2.24) is 5.01 Å². The SMILES string of the molecule is COc1ccc(C(=O)[C@H]2[C@@H](c3ccccc3)C3(C(=O)c4ccccc4C3=O)[C@H]3c4ccccc4C=NN23)cc1. The van der Waals surface area contributed by atoms with Crippen LogP contribution >= 0.6 is 0 Å². The Hall–Kier alpha value is -4.84. The van der Waals surface area contributed by atoms with Crippen molar-refractivity contribution in [3.63, 3.8) is 0 Å². The zero-order valence-corrected chi connectivity index (χ0v) is 21.2. The van der Waals surface area contributed by atoms with Gasteiger partial charge >= 0.3 is 0 Å². The second-order valence-corrected chi connectivity index (χ2v) is 10.2. The standard InChI is InChI=1S/C33H24N2O4/c1-39-23-17-15-21(16-18-23)29(36)28-27(20-9-3-2-4-10-20)33(31(37)25-13-7-8-14-26(25)32(33)38)30-24-12-6-5-11-22(24)19-34-35(28)30/h2-19,27-28,30H,1H3/t27-,28-,30-/m1/s1. The first-order chi connectivity index (χ1) is 19.1. The summed E-state index contributed by atoms with van der Waals surface area (Å²) in [6, 6.07) is 29.4. The van der Waals surface area contributed by atoms with Gasteiger partial charge in [0.15, 0.2) is 17.3 Å². The normalized spacial score (nSPS) is 22.0. The summed E-state index contributed by atoms with van der Waals surface area (Å²) in [6.45, 7) is 0. The van der Waals surface area contributed by atoms with Gasteiger partial charge in [0, 0.05) is 22.6 Å². The molecule has 1 fully saturated rings. The van der Waals surface area contributed by atoms with Crippen LogP contribution in [0.25, 0.3) is 0 Å². The second kappa shape index (κ2) is 8.60. The molecule has 4 aromatic carbocycles. The summed E-state index contributed by atoms with van der Waals surface area (Å²) >= 11 is 0. The van der Waals surface area contributed by atoms with Gasteiger partial charge in [0.1, 0.15) is 17.2 Å². The average molecular weight is 513 g/mol. The topological polar surface area (TPSA) is 76.0 Å². The highest BCUT2D eigenvalue weighted by Gasteiger charge is 2.72. The van der Waals surface area contributed by atoms with Crippen molar-refractivity contribution in [1.29, 1.82) is 0 Å². The van der Waals surface area contributed by atoms with Crippen LogP contribution in [0.4, 0.5) is 0 Å². The molecule has 0 N–H and O–H groups in total. The molecule has 6 nitrogen and oxygen atoms in total. The maximum absolute atomic E-state index is 14.6. The molecule has 6 heteroatoms. The molecular formula is C33H24N2O4. The first-order valence-electron chi connectivity index (χ1n) is 12.9. The van der Waals surface area contributed by atoms with E-state index < -0.39 is 23.4 Å². The smallest absolute Gasteiger partial charge is 0.187 e. The third-order valence-corrected chi connectivity index (χ3v) is 8.38. The van der Waals surface area contributed by atoms with Crippen molar-refractivity contribution in [2.45, 2.75) is 18.0 Å². The number of hydrazone groups is 1. The van der Waals surface area contributed by atoms with Crippen LogP contribution in [0.2, 0.25) is 0 Å². The Morgan fingerprint density at radius 3 is 2.08 bits per heavy atom. The molecule has 190 valence electrons. The molecule has 3 atom stereocenters. The fourth-order valence-corrected chi connectivity index (χ4v) is 6.74. The summed E-state index contributed by atoms with van der Waals surface area (Å²) < 4.78 is 5.30. The Balaban J connectivity index is 1.52. The molecule has 0 bridgehead atoms. The van der Waals surface area contributed by atoms with Crippen LogP contribution in [0, 0.1) is 5.41 Å². The molecule has 0 unspecified atom stereocenters. The van der Waals surface area contributed by atoms with E-state index in [9.17, 15) is 14.4 Å². The van der Waals surface area contributed by atoms with Gasteiger partial charge in [0.05, 0.1) is 19.4 Å². The molecule has 0 radical (unpaired) electrons. The molecule has 1 saturated heterocycles. The molecule has 1 spiro atoms. The third kappa shape index (κ3) is 3.08. The van der Waals surface area contributed by atoms with E-state index in [1.165, 1.54) is 0 Å². The second-order valence-electron chi connectivity index (χ2n) is 10.2. The van der Waals surface area contributed by atoms with Crippen molar-refractivity contribution in [3.05, 3.63) is 137 Å². The minimum Gasteiger partial charge on any atom is -0.497 e. The lowest BCUT2D eigenvalue weighted by molar-refractivity contribution is 0.0586. The average Bonchev–Trinajstić information content (AvgIpc) is 3.43. The van der Waals surface area contributed by atoms with Gasteiger partial charge in [-0.3, -0.25) is 19.4 Å². The van der Waals surface area contributed by atoms with Crippen molar-refractivity contribution >= 4 is 23.6 Å². The number of benzene rings is 4. The van der Waals surface area contributed by atoms with Crippen LogP contribution in [0.15, 0.2) is 108 Å². The number of ether oxygens (including phenoxy) is 1. The zero-order valence-electron chi connectivity index (χ0n) is 21.2. The number of Topliss-reactive ketones (excluding diaryl/α,β-unsaturated/α-hetero) is 3. The Labute approximate surface area is 225 Å². The highest BCUT2D eigenvalue weighted by Crippen LogP contribution is 2.64. The maximum Gasteiger partial charge on any atom is 0.187 e. The Bertz CT molecular complexity index is 1640. The molecular weight excluding hydrogens is 488 g/mol. The minimum atomic E-state index is -1.56. The number of carbonyl (C=O) groups is 3. The van der Waals surface area contributed by atoms with Gasteiger partial charge in [-0.05, 0) is 41.0 Å². The van der Waals surface area contributed by atoms with Gasteiger partial charge in [0.25, 0.3) is 0 Å². The molecule has 2 heterocycles. The molecule has 3 aliphatic rings. The van der Waals surface area contributed by atoms with E-state index in [-0.39, 0.29) is 17.3 Å². The fraction of sp³-hybridized carbons (Fsp3) is 0.152. The first-order valence-corrected chi connectivity index (χ1v) is 12.9. The number of nitrogens with zero attached hydrogens (tertiary/aromatic N) is 2. The van der Waals surface area contributed by atoms with Crippen molar-refractivity contribution < 1.29 is 19.1 Å². The number of carbonyl (C=O) groups excluding carboxylic acids is 3. The van der Waals surface area contributed by atoms with Crippen LogP contribution in [0.3, 0.4) is 0 Å². The zero-order chi connectivity index (χ0) is 26.7. The van der Waals surface area contributed by atoms with Gasteiger partial charge in [-0.2, -0.15) is 5.10 Å². The third-order valence-electron chi connectivity index (χ3n) is 8.38. The number of rotatable bonds is 4. The van der Waals surface area contributed by atoms with E-state index in [0.29, 0.717) is 22.4 Å². The molecule has 2 aliphatic heterocycles. The Kier molecular flexibility index (Phi) is 5.13. The highest BCUT2D eigenvalue weighted by molar-refractivity contribution is 6.31. The predicted octanol–water partition coefficient (Wildman–Crippen LogP) is 5.50. The van der Waals surface area contributed by atoms with E-state index in [1.807, 2.05) is 54.6 Å². The lowest BCUT2D eigenvalue weighted by Gasteiger charge is -2.36. The van der Waals surface area contributed by atoms with E-state index in [1.54, 1.807) is 66.9 Å². The summed E-state index contributed by atoms with van der Waals surface area (Å²) in [7, 11) is 1.57. The largest absolute Gasteiger partial charge is 0.497 e. The highest BCUT2D eigenvalue weighted by atomic mass is 16.5. The lowest BCUT2D eigenvalue weighted by atomic mass is 9.63.